The van der Waals surface area contributed by atoms with Crippen molar-refractivity contribution in [2.24, 2.45) is 0 Å². The number of rotatable bonds is 6. The summed E-state index contributed by atoms with van der Waals surface area (Å²) < 4.78 is 5.34. The smallest absolute Gasteiger partial charge is 0.338 e. The summed E-state index contributed by atoms with van der Waals surface area (Å²) in [4.78, 5) is 30.0. The van der Waals surface area contributed by atoms with Gasteiger partial charge < -0.3 is 20.3 Å². The number of hydrogen-bond donors (Lipinski definition) is 2. The highest BCUT2D eigenvalue weighted by Crippen LogP contribution is 2.32. The third kappa shape index (κ3) is 5.43. The van der Waals surface area contributed by atoms with Gasteiger partial charge >= 0.3 is 12.0 Å². The van der Waals surface area contributed by atoms with E-state index in [0.29, 0.717) is 33.4 Å². The van der Waals surface area contributed by atoms with Crippen molar-refractivity contribution >= 4 is 40.9 Å². The molecule has 1 unspecified atom stereocenters. The lowest BCUT2D eigenvalue weighted by molar-refractivity contribution is -0.139. The molecule has 2 N–H and O–H groups in total. The molecular weight excluding hydrogens is 463 g/mol. The topological polar surface area (TPSA) is 73.9 Å². The third-order valence-corrected chi connectivity index (χ3v) is 6.37. The number of esters is 1. The molecule has 0 aliphatic carbocycles. The Morgan fingerprint density at radius 3 is 2.55 bits per heavy atom. The number of benzene rings is 2. The monoisotopic (exact) mass is 488 g/mol. The molecule has 2 heterocycles. The van der Waals surface area contributed by atoms with E-state index in [2.05, 4.69) is 20.4 Å². The van der Waals surface area contributed by atoms with E-state index in [1.807, 2.05) is 36.4 Å². The fourth-order valence-electron chi connectivity index (χ4n) is 4.20. The second-order valence-electron chi connectivity index (χ2n) is 7.91. The molecule has 0 bridgehead atoms. The van der Waals surface area contributed by atoms with Crippen LogP contribution in [0.15, 0.2) is 59.8 Å². The first-order chi connectivity index (χ1) is 16.0. The Kier molecular flexibility index (Phi) is 7.42. The van der Waals surface area contributed by atoms with Gasteiger partial charge in [-0.15, -0.1) is 0 Å². The minimum absolute atomic E-state index is 0.233. The van der Waals surface area contributed by atoms with Crippen LogP contribution in [0.2, 0.25) is 10.0 Å². The fourth-order valence-corrected chi connectivity index (χ4v) is 4.62. The van der Waals surface area contributed by atoms with Crippen molar-refractivity contribution in [3.8, 4) is 0 Å². The number of amides is 2. The van der Waals surface area contributed by atoms with Crippen LogP contribution < -0.4 is 15.5 Å². The Labute approximate surface area is 203 Å². The van der Waals surface area contributed by atoms with Gasteiger partial charge in [0.2, 0.25) is 0 Å². The number of carbonyl (C=O) groups excluding carboxylic acids is 2. The summed E-state index contributed by atoms with van der Waals surface area (Å²) in [6.07, 6.45) is 0. The highest BCUT2D eigenvalue weighted by Gasteiger charge is 2.35. The van der Waals surface area contributed by atoms with Crippen LogP contribution in [0.5, 0.6) is 0 Å². The summed E-state index contributed by atoms with van der Waals surface area (Å²) in [5.74, 6) is -0.470. The number of halogens is 2. The average Bonchev–Trinajstić information content (AvgIpc) is 2.79. The Morgan fingerprint density at radius 1 is 1.09 bits per heavy atom. The number of nitrogens with zero attached hydrogens (tertiary/aromatic N) is 2. The molecule has 174 valence electrons. The molecule has 33 heavy (non-hydrogen) atoms. The molecule has 2 aromatic carbocycles. The van der Waals surface area contributed by atoms with Gasteiger partial charge in [0.15, 0.2) is 0 Å². The molecule has 2 amide bonds. The molecule has 1 saturated heterocycles. The van der Waals surface area contributed by atoms with Crippen LogP contribution in [-0.2, 0) is 9.53 Å². The minimum Gasteiger partial charge on any atom is -0.463 e. The van der Waals surface area contributed by atoms with Crippen LogP contribution >= 0.6 is 23.2 Å². The van der Waals surface area contributed by atoms with E-state index in [1.165, 1.54) is 0 Å². The maximum absolute atomic E-state index is 13.0. The molecule has 0 spiro atoms. The zero-order valence-electron chi connectivity index (χ0n) is 18.3. The van der Waals surface area contributed by atoms with Crippen molar-refractivity contribution < 1.29 is 14.3 Å². The summed E-state index contributed by atoms with van der Waals surface area (Å²) in [6.45, 7) is 5.57. The Bertz CT molecular complexity index is 1070. The summed E-state index contributed by atoms with van der Waals surface area (Å²) >= 11 is 12.5. The van der Waals surface area contributed by atoms with Crippen molar-refractivity contribution in [3.63, 3.8) is 0 Å². The molecule has 4 rings (SSSR count). The van der Waals surface area contributed by atoms with Gasteiger partial charge in [-0.25, -0.2) is 9.59 Å². The van der Waals surface area contributed by atoms with Crippen LogP contribution in [0.4, 0.5) is 10.5 Å². The molecule has 1 fully saturated rings. The fraction of sp³-hybridized carbons (Fsp3) is 0.333. The van der Waals surface area contributed by atoms with Crippen LogP contribution in [0.1, 0.15) is 18.5 Å². The summed E-state index contributed by atoms with van der Waals surface area (Å²) in [5.41, 5.74) is 2.66. The summed E-state index contributed by atoms with van der Waals surface area (Å²) in [7, 11) is 0. The lowest BCUT2D eigenvalue weighted by Gasteiger charge is -2.38. The number of urea groups is 1. The van der Waals surface area contributed by atoms with Gasteiger partial charge in [-0.1, -0.05) is 47.5 Å². The van der Waals surface area contributed by atoms with Crippen LogP contribution in [0.3, 0.4) is 0 Å². The van der Waals surface area contributed by atoms with E-state index in [0.717, 1.165) is 31.9 Å². The van der Waals surface area contributed by atoms with Crippen molar-refractivity contribution in [3.05, 3.63) is 75.4 Å². The first-order valence-corrected chi connectivity index (χ1v) is 11.7. The number of ether oxygens (including phenoxy) is 1. The third-order valence-electron chi connectivity index (χ3n) is 5.79. The summed E-state index contributed by atoms with van der Waals surface area (Å²) in [5, 5.41) is 6.85. The zero-order valence-corrected chi connectivity index (χ0v) is 19.8. The van der Waals surface area contributed by atoms with Gasteiger partial charge in [0.1, 0.15) is 0 Å². The predicted molar refractivity (Wildman–Crippen MR) is 130 cm³/mol. The predicted octanol–water partition coefficient (Wildman–Crippen LogP) is 3.99. The molecule has 0 saturated carbocycles. The minimum atomic E-state index is -0.686. The van der Waals surface area contributed by atoms with Gasteiger partial charge in [-0.2, -0.15) is 0 Å². The molecular formula is C24H26Cl2N4O3. The largest absolute Gasteiger partial charge is 0.463 e. The highest BCUT2D eigenvalue weighted by molar-refractivity contribution is 6.31. The lowest BCUT2D eigenvalue weighted by atomic mass is 9.94. The molecule has 2 aromatic rings. The second kappa shape index (κ2) is 10.5. The van der Waals surface area contributed by atoms with E-state index in [-0.39, 0.29) is 12.6 Å². The number of nitrogens with one attached hydrogen (secondary N) is 2. The first kappa shape index (κ1) is 23.4. The maximum atomic E-state index is 13.0. The van der Waals surface area contributed by atoms with E-state index in [1.54, 1.807) is 19.1 Å². The number of hydrogen-bond acceptors (Lipinski definition) is 5. The Balaban J connectivity index is 1.57. The van der Waals surface area contributed by atoms with Crippen molar-refractivity contribution in [1.82, 2.24) is 15.5 Å². The Hall–Kier alpha value is -2.74. The van der Waals surface area contributed by atoms with Crippen molar-refractivity contribution in [1.29, 1.82) is 0 Å². The molecule has 1 atom stereocenters. The van der Waals surface area contributed by atoms with Crippen LogP contribution in [0, 0.1) is 0 Å². The highest BCUT2D eigenvalue weighted by atomic mass is 35.5. The molecule has 0 aromatic heterocycles. The van der Waals surface area contributed by atoms with Gasteiger partial charge in [0.05, 0.1) is 18.2 Å². The van der Waals surface area contributed by atoms with Gasteiger partial charge in [0, 0.05) is 54.2 Å². The Morgan fingerprint density at radius 2 is 1.85 bits per heavy atom. The molecule has 7 nitrogen and oxygen atoms in total. The van der Waals surface area contributed by atoms with Gasteiger partial charge in [-0.3, -0.25) is 4.90 Å². The standard InChI is InChI=1S/C24H26Cl2N4O3/c1-2-33-23(31)21-20(27-24(32)28-22(21)18-8-3-4-9-19(18)26)15-29-10-12-30(13-11-29)17-7-5-6-16(25)14-17/h3-9,14,22H,2,10-13,15H2,1H3,(H2,27,28,32). The average molecular weight is 489 g/mol. The lowest BCUT2D eigenvalue weighted by Crippen LogP contribution is -2.51. The van der Waals surface area contributed by atoms with Crippen LogP contribution in [-0.4, -0.2) is 56.2 Å². The van der Waals surface area contributed by atoms with E-state index in [9.17, 15) is 9.59 Å². The van der Waals surface area contributed by atoms with E-state index < -0.39 is 12.0 Å². The van der Waals surface area contributed by atoms with Gasteiger partial charge in [0.25, 0.3) is 0 Å². The SMILES string of the molecule is CCOC(=O)C1=C(CN2CCN(c3cccc(Cl)c3)CC2)NC(=O)NC1c1ccccc1Cl. The molecule has 2 aliphatic heterocycles. The summed E-state index contributed by atoms with van der Waals surface area (Å²) in [6, 6.07) is 13.9. The van der Waals surface area contributed by atoms with Crippen molar-refractivity contribution in [2.75, 3.05) is 44.2 Å². The normalized spacial score (nSPS) is 19.2. The number of carbonyl (C=O) groups is 2. The molecule has 2 aliphatic rings. The molecule has 9 heteroatoms. The van der Waals surface area contributed by atoms with Gasteiger partial charge in [-0.05, 0) is 36.8 Å². The maximum Gasteiger partial charge on any atom is 0.338 e. The van der Waals surface area contributed by atoms with Crippen LogP contribution in [0.25, 0.3) is 0 Å². The zero-order chi connectivity index (χ0) is 23.4. The number of piperazine rings is 1. The number of anilines is 1. The van der Waals surface area contributed by atoms with E-state index >= 15 is 0 Å². The van der Waals surface area contributed by atoms with Crippen molar-refractivity contribution in [2.45, 2.75) is 13.0 Å². The quantitative estimate of drug-likeness (QED) is 0.601. The first-order valence-electron chi connectivity index (χ1n) is 10.9. The van der Waals surface area contributed by atoms with E-state index in [4.69, 9.17) is 27.9 Å². The molecule has 0 radical (unpaired) electrons. The second-order valence-corrected chi connectivity index (χ2v) is 8.75.